The Kier molecular flexibility index (Phi) is 5.16. The highest BCUT2D eigenvalue weighted by Crippen LogP contribution is 2.34. The first-order valence-electron chi connectivity index (χ1n) is 8.19. The number of anilines is 1. The van der Waals surface area contributed by atoms with Gasteiger partial charge >= 0.3 is 0 Å². The predicted molar refractivity (Wildman–Crippen MR) is 101 cm³/mol. The number of nitrogen functional groups attached to an aromatic ring is 1. The van der Waals surface area contributed by atoms with Crippen LogP contribution in [0.1, 0.15) is 37.3 Å². The molecule has 0 bridgehead atoms. The minimum absolute atomic E-state index is 0.423. The van der Waals surface area contributed by atoms with Crippen LogP contribution >= 0.6 is 11.3 Å². The molecule has 0 aliphatic rings. The lowest BCUT2D eigenvalue weighted by molar-refractivity contribution is 0.301. The van der Waals surface area contributed by atoms with E-state index in [1.807, 2.05) is 23.6 Å². The van der Waals surface area contributed by atoms with Crippen LogP contribution in [0.3, 0.4) is 0 Å². The normalized spacial score (nSPS) is 12.1. The van der Waals surface area contributed by atoms with Crippen LogP contribution in [0.5, 0.6) is 5.75 Å². The van der Waals surface area contributed by atoms with Gasteiger partial charge in [0.25, 0.3) is 0 Å². The molecule has 3 rings (SSSR count). The van der Waals surface area contributed by atoms with Gasteiger partial charge < -0.3 is 10.5 Å². The number of aromatic nitrogens is 1. The van der Waals surface area contributed by atoms with Crippen LogP contribution in [-0.4, -0.2) is 4.98 Å². The zero-order chi connectivity index (χ0) is 16.9. The Morgan fingerprint density at radius 2 is 1.96 bits per heavy atom. The van der Waals surface area contributed by atoms with Gasteiger partial charge in [0.15, 0.2) is 5.13 Å². The molecule has 124 valence electrons. The summed E-state index contributed by atoms with van der Waals surface area (Å²) in [5.41, 5.74) is 10.2. The molecule has 0 fully saturated rings. The molecule has 4 heteroatoms. The van der Waals surface area contributed by atoms with E-state index in [9.17, 15) is 0 Å². The average molecular weight is 338 g/mol. The van der Waals surface area contributed by atoms with E-state index in [1.54, 1.807) is 0 Å². The summed E-state index contributed by atoms with van der Waals surface area (Å²) in [4.78, 5) is 4.39. The van der Waals surface area contributed by atoms with Crippen molar-refractivity contribution < 1.29 is 4.74 Å². The zero-order valence-corrected chi connectivity index (χ0v) is 14.8. The number of rotatable bonds is 6. The molecule has 3 aromatic rings. The maximum atomic E-state index is 6.10. The van der Waals surface area contributed by atoms with Crippen molar-refractivity contribution in [2.75, 3.05) is 5.73 Å². The summed E-state index contributed by atoms with van der Waals surface area (Å²) in [6, 6.07) is 16.5. The Bertz CT molecular complexity index is 798. The summed E-state index contributed by atoms with van der Waals surface area (Å²) in [5, 5.41) is 2.59. The quantitative estimate of drug-likeness (QED) is 0.647. The molecule has 0 aliphatic carbocycles. The Labute approximate surface area is 147 Å². The second kappa shape index (κ2) is 7.49. The van der Waals surface area contributed by atoms with Gasteiger partial charge in [-0.2, -0.15) is 0 Å². The van der Waals surface area contributed by atoms with Gasteiger partial charge in [0.05, 0.1) is 5.69 Å². The highest BCUT2D eigenvalue weighted by Gasteiger charge is 2.13. The monoisotopic (exact) mass is 338 g/mol. The van der Waals surface area contributed by atoms with Crippen molar-refractivity contribution in [3.05, 3.63) is 65.0 Å². The first-order chi connectivity index (χ1) is 11.7. The van der Waals surface area contributed by atoms with Crippen molar-refractivity contribution in [1.82, 2.24) is 4.98 Å². The number of benzene rings is 2. The van der Waals surface area contributed by atoms with E-state index < -0.39 is 0 Å². The molecule has 2 N–H and O–H groups in total. The fourth-order valence-corrected chi connectivity index (χ4v) is 3.17. The molecule has 0 aliphatic heterocycles. The summed E-state index contributed by atoms with van der Waals surface area (Å²) in [6.45, 7) is 5.00. The number of ether oxygens (including phenoxy) is 1. The van der Waals surface area contributed by atoms with Gasteiger partial charge in [-0.15, -0.1) is 11.3 Å². The third-order valence-corrected chi connectivity index (χ3v) is 4.88. The first kappa shape index (κ1) is 16.5. The number of hydrogen-bond acceptors (Lipinski definition) is 4. The van der Waals surface area contributed by atoms with Crippen molar-refractivity contribution >= 4 is 16.5 Å². The molecule has 1 heterocycles. The Hall–Kier alpha value is -2.33. The topological polar surface area (TPSA) is 48.1 Å². The van der Waals surface area contributed by atoms with E-state index >= 15 is 0 Å². The predicted octanol–water partition coefficient (Wildman–Crippen LogP) is 5.48. The van der Waals surface area contributed by atoms with E-state index in [0.717, 1.165) is 23.4 Å². The van der Waals surface area contributed by atoms with E-state index in [2.05, 4.69) is 49.2 Å². The number of hydrogen-bond donors (Lipinski definition) is 1. The summed E-state index contributed by atoms with van der Waals surface area (Å²) in [7, 11) is 0. The SMILES string of the molecule is CC[C@@H](C)c1cc(-c2csc(N)n2)ccc1OCc1ccccc1. The molecule has 0 radical (unpaired) electrons. The van der Waals surface area contributed by atoms with E-state index in [0.29, 0.717) is 17.7 Å². The maximum Gasteiger partial charge on any atom is 0.180 e. The molecular weight excluding hydrogens is 316 g/mol. The molecule has 24 heavy (non-hydrogen) atoms. The van der Waals surface area contributed by atoms with Gasteiger partial charge in [0.2, 0.25) is 0 Å². The molecule has 0 saturated carbocycles. The molecule has 2 aromatic carbocycles. The minimum atomic E-state index is 0.423. The van der Waals surface area contributed by atoms with Crippen molar-refractivity contribution in [2.45, 2.75) is 32.8 Å². The molecule has 0 amide bonds. The lowest BCUT2D eigenvalue weighted by Crippen LogP contribution is -2.01. The van der Waals surface area contributed by atoms with Gasteiger partial charge in [-0.05, 0) is 41.7 Å². The molecule has 1 aromatic heterocycles. The lowest BCUT2D eigenvalue weighted by Gasteiger charge is -2.17. The van der Waals surface area contributed by atoms with Crippen LogP contribution in [0.2, 0.25) is 0 Å². The van der Waals surface area contributed by atoms with Crippen LogP contribution in [0.15, 0.2) is 53.9 Å². The summed E-state index contributed by atoms with van der Waals surface area (Å²) in [6.07, 6.45) is 1.06. The van der Waals surface area contributed by atoms with Gasteiger partial charge in [0, 0.05) is 10.9 Å². The van der Waals surface area contributed by atoms with Crippen LogP contribution < -0.4 is 10.5 Å². The lowest BCUT2D eigenvalue weighted by atomic mass is 9.95. The zero-order valence-electron chi connectivity index (χ0n) is 14.0. The third kappa shape index (κ3) is 3.77. The minimum Gasteiger partial charge on any atom is -0.489 e. The number of thiazole rings is 1. The molecule has 0 spiro atoms. The van der Waals surface area contributed by atoms with Gasteiger partial charge in [-0.1, -0.05) is 44.2 Å². The maximum absolute atomic E-state index is 6.10. The van der Waals surface area contributed by atoms with Gasteiger partial charge in [-0.3, -0.25) is 0 Å². The van der Waals surface area contributed by atoms with E-state index in [1.165, 1.54) is 22.5 Å². The van der Waals surface area contributed by atoms with Crippen LogP contribution in [0, 0.1) is 0 Å². The highest BCUT2D eigenvalue weighted by atomic mass is 32.1. The average Bonchev–Trinajstić information content (AvgIpc) is 3.06. The number of nitrogens with zero attached hydrogens (tertiary/aromatic N) is 1. The summed E-state index contributed by atoms with van der Waals surface area (Å²) >= 11 is 1.47. The summed E-state index contributed by atoms with van der Waals surface area (Å²) in [5.74, 6) is 1.37. The Morgan fingerprint density at radius 3 is 2.62 bits per heavy atom. The van der Waals surface area contributed by atoms with Crippen LogP contribution in [0.25, 0.3) is 11.3 Å². The standard InChI is InChI=1S/C20H22N2OS/c1-3-14(2)17-11-16(18-13-24-20(21)22-18)9-10-19(17)23-12-15-7-5-4-6-8-15/h4-11,13-14H,3,12H2,1-2H3,(H2,21,22)/t14-/m1/s1. The van der Waals surface area contributed by atoms with E-state index in [4.69, 9.17) is 10.5 Å². The molecule has 3 nitrogen and oxygen atoms in total. The van der Waals surface area contributed by atoms with Crippen molar-refractivity contribution in [3.63, 3.8) is 0 Å². The Morgan fingerprint density at radius 1 is 1.17 bits per heavy atom. The first-order valence-corrected chi connectivity index (χ1v) is 9.07. The highest BCUT2D eigenvalue weighted by molar-refractivity contribution is 7.13. The van der Waals surface area contributed by atoms with Crippen molar-refractivity contribution in [1.29, 1.82) is 0 Å². The van der Waals surface area contributed by atoms with Crippen molar-refractivity contribution in [3.8, 4) is 17.0 Å². The smallest absolute Gasteiger partial charge is 0.180 e. The second-order valence-electron chi connectivity index (χ2n) is 5.91. The van der Waals surface area contributed by atoms with E-state index in [-0.39, 0.29) is 0 Å². The molecule has 1 atom stereocenters. The van der Waals surface area contributed by atoms with Crippen molar-refractivity contribution in [2.24, 2.45) is 0 Å². The molecule has 0 unspecified atom stereocenters. The second-order valence-corrected chi connectivity index (χ2v) is 6.80. The summed E-state index contributed by atoms with van der Waals surface area (Å²) < 4.78 is 6.10. The number of nitrogens with two attached hydrogens (primary N) is 1. The fraction of sp³-hybridized carbons (Fsp3) is 0.250. The van der Waals surface area contributed by atoms with Gasteiger partial charge in [0.1, 0.15) is 12.4 Å². The van der Waals surface area contributed by atoms with Crippen LogP contribution in [0.4, 0.5) is 5.13 Å². The molecular formula is C20H22N2OS. The van der Waals surface area contributed by atoms with Crippen LogP contribution in [-0.2, 0) is 6.61 Å². The Balaban J connectivity index is 1.87. The largest absolute Gasteiger partial charge is 0.489 e. The van der Waals surface area contributed by atoms with Gasteiger partial charge in [-0.25, -0.2) is 4.98 Å². The molecule has 0 saturated heterocycles. The fourth-order valence-electron chi connectivity index (χ4n) is 2.60. The third-order valence-electron chi connectivity index (χ3n) is 4.21.